The average molecular weight is 287 g/mol. The quantitative estimate of drug-likeness (QED) is 0.923. The van der Waals surface area contributed by atoms with Crippen molar-refractivity contribution in [3.63, 3.8) is 0 Å². The summed E-state index contributed by atoms with van der Waals surface area (Å²) in [4.78, 5) is 1.93. The Labute approximate surface area is 121 Å². The van der Waals surface area contributed by atoms with Crippen LogP contribution in [0.15, 0.2) is 24.4 Å². The van der Waals surface area contributed by atoms with Gasteiger partial charge in [0.15, 0.2) is 0 Å². The fourth-order valence-electron chi connectivity index (χ4n) is 2.37. The maximum absolute atomic E-state index is 13.6. The third-order valence-electron chi connectivity index (χ3n) is 3.64. The van der Waals surface area contributed by atoms with Crippen LogP contribution in [0, 0.1) is 17.1 Å². The van der Waals surface area contributed by atoms with Gasteiger partial charge in [-0.25, -0.2) is 9.07 Å². The highest BCUT2D eigenvalue weighted by molar-refractivity contribution is 5.61. The molecule has 1 saturated heterocycles. The van der Waals surface area contributed by atoms with Gasteiger partial charge in [-0.3, -0.25) is 0 Å². The van der Waals surface area contributed by atoms with Crippen LogP contribution in [0.4, 0.5) is 10.1 Å². The molecule has 1 aliphatic rings. The average Bonchev–Trinajstić information content (AvgIpc) is 2.87. The van der Waals surface area contributed by atoms with Gasteiger partial charge in [0.25, 0.3) is 0 Å². The molecule has 1 aromatic heterocycles. The number of hydrogen-bond donors (Lipinski definition) is 1. The van der Waals surface area contributed by atoms with E-state index in [0.29, 0.717) is 24.5 Å². The molecular formula is C14H14FN5O. The van der Waals surface area contributed by atoms with Crippen molar-refractivity contribution in [1.29, 1.82) is 5.26 Å². The van der Waals surface area contributed by atoms with Crippen molar-refractivity contribution in [2.45, 2.75) is 19.1 Å². The molecular weight excluding hydrogens is 273 g/mol. The Morgan fingerprint density at radius 2 is 2.24 bits per heavy atom. The van der Waals surface area contributed by atoms with Gasteiger partial charge in [-0.2, -0.15) is 5.26 Å². The molecule has 1 aliphatic heterocycles. The van der Waals surface area contributed by atoms with Crippen molar-refractivity contribution < 1.29 is 9.50 Å². The SMILES string of the molecule is CC(O)c1cn(C2CN(c3cccc(F)c3C#N)C2)nn1. The summed E-state index contributed by atoms with van der Waals surface area (Å²) < 4.78 is 15.3. The number of benzene rings is 1. The lowest BCUT2D eigenvalue weighted by Crippen LogP contribution is -2.48. The largest absolute Gasteiger partial charge is 0.387 e. The van der Waals surface area contributed by atoms with E-state index in [-0.39, 0.29) is 11.6 Å². The lowest BCUT2D eigenvalue weighted by molar-refractivity contribution is 0.194. The monoisotopic (exact) mass is 287 g/mol. The molecule has 2 heterocycles. The highest BCUT2D eigenvalue weighted by Gasteiger charge is 2.31. The van der Waals surface area contributed by atoms with Crippen LogP contribution < -0.4 is 4.90 Å². The fourth-order valence-corrected chi connectivity index (χ4v) is 2.37. The van der Waals surface area contributed by atoms with E-state index in [2.05, 4.69) is 10.3 Å². The van der Waals surface area contributed by atoms with Gasteiger partial charge in [0.05, 0.1) is 24.0 Å². The van der Waals surface area contributed by atoms with Gasteiger partial charge in [-0.15, -0.1) is 5.10 Å². The van der Waals surface area contributed by atoms with Crippen molar-refractivity contribution in [3.05, 3.63) is 41.5 Å². The van der Waals surface area contributed by atoms with Crippen LogP contribution >= 0.6 is 0 Å². The first kappa shape index (κ1) is 13.5. The van der Waals surface area contributed by atoms with Crippen LogP contribution in [0.1, 0.15) is 30.3 Å². The predicted octanol–water partition coefficient (Wildman–Crippen LogP) is 1.40. The smallest absolute Gasteiger partial charge is 0.143 e. The normalized spacial score (nSPS) is 16.4. The van der Waals surface area contributed by atoms with Crippen molar-refractivity contribution in [1.82, 2.24) is 15.0 Å². The summed E-state index contributed by atoms with van der Waals surface area (Å²) >= 11 is 0. The van der Waals surface area contributed by atoms with E-state index in [1.807, 2.05) is 11.0 Å². The third kappa shape index (κ3) is 2.34. The van der Waals surface area contributed by atoms with Gasteiger partial charge in [0, 0.05) is 13.1 Å². The first-order chi connectivity index (χ1) is 10.1. The van der Waals surface area contributed by atoms with E-state index in [9.17, 15) is 9.50 Å². The number of aliphatic hydroxyl groups is 1. The lowest BCUT2D eigenvalue weighted by Gasteiger charge is -2.41. The number of nitriles is 1. The van der Waals surface area contributed by atoms with E-state index in [1.165, 1.54) is 6.07 Å². The van der Waals surface area contributed by atoms with Gasteiger partial charge in [0.1, 0.15) is 23.1 Å². The number of hydrogen-bond acceptors (Lipinski definition) is 5. The maximum Gasteiger partial charge on any atom is 0.143 e. The molecule has 6 nitrogen and oxygen atoms in total. The minimum atomic E-state index is -0.650. The summed E-state index contributed by atoms with van der Waals surface area (Å²) in [6.45, 7) is 2.88. The van der Waals surface area contributed by atoms with Crippen molar-refractivity contribution >= 4 is 5.69 Å². The molecule has 1 unspecified atom stereocenters. The molecule has 21 heavy (non-hydrogen) atoms. The Hall–Kier alpha value is -2.46. The molecule has 1 fully saturated rings. The second-order valence-corrected chi connectivity index (χ2v) is 5.10. The number of aliphatic hydroxyl groups excluding tert-OH is 1. The molecule has 1 N–H and O–H groups in total. The molecule has 1 aromatic carbocycles. The highest BCUT2D eigenvalue weighted by atomic mass is 19.1. The van der Waals surface area contributed by atoms with Gasteiger partial charge in [-0.1, -0.05) is 11.3 Å². The van der Waals surface area contributed by atoms with E-state index in [1.54, 1.807) is 29.9 Å². The van der Waals surface area contributed by atoms with Crippen LogP contribution in [0.5, 0.6) is 0 Å². The fraction of sp³-hybridized carbons (Fsp3) is 0.357. The first-order valence-electron chi connectivity index (χ1n) is 6.63. The Bertz CT molecular complexity index is 700. The van der Waals surface area contributed by atoms with Crippen LogP contribution in [0.2, 0.25) is 0 Å². The second-order valence-electron chi connectivity index (χ2n) is 5.10. The molecule has 108 valence electrons. The molecule has 0 amide bonds. The van der Waals surface area contributed by atoms with Crippen molar-refractivity contribution in [3.8, 4) is 6.07 Å². The third-order valence-corrected chi connectivity index (χ3v) is 3.64. The highest BCUT2D eigenvalue weighted by Crippen LogP contribution is 2.31. The topological polar surface area (TPSA) is 78.0 Å². The number of anilines is 1. The van der Waals surface area contributed by atoms with Crippen molar-refractivity contribution in [2.75, 3.05) is 18.0 Å². The van der Waals surface area contributed by atoms with Crippen molar-refractivity contribution in [2.24, 2.45) is 0 Å². The van der Waals surface area contributed by atoms with Gasteiger partial charge in [-0.05, 0) is 19.1 Å². The minimum Gasteiger partial charge on any atom is -0.387 e. The molecule has 0 saturated carbocycles. The molecule has 0 spiro atoms. The molecule has 2 aromatic rings. The van der Waals surface area contributed by atoms with Gasteiger partial charge in [0.2, 0.25) is 0 Å². The number of aromatic nitrogens is 3. The molecule has 7 heteroatoms. The zero-order chi connectivity index (χ0) is 15.0. The molecule has 0 aliphatic carbocycles. The number of rotatable bonds is 3. The predicted molar refractivity (Wildman–Crippen MR) is 73.0 cm³/mol. The van der Waals surface area contributed by atoms with E-state index in [4.69, 9.17) is 5.26 Å². The van der Waals surface area contributed by atoms with E-state index in [0.717, 1.165) is 0 Å². The van der Waals surface area contributed by atoms with E-state index < -0.39 is 11.9 Å². The molecule has 0 radical (unpaired) electrons. The number of nitrogens with zero attached hydrogens (tertiary/aromatic N) is 5. The first-order valence-corrected chi connectivity index (χ1v) is 6.63. The summed E-state index contributed by atoms with van der Waals surface area (Å²) in [6.07, 6.45) is 1.06. The van der Waals surface area contributed by atoms with Crippen LogP contribution in [-0.4, -0.2) is 33.2 Å². The standard InChI is InChI=1S/C14H14FN5O/c1-9(21)13-8-20(18-17-13)10-6-19(7-10)14-4-2-3-12(15)11(14)5-16/h2-4,8-10,21H,6-7H2,1H3. The summed E-state index contributed by atoms with van der Waals surface area (Å²) in [5.74, 6) is -0.504. The van der Waals surface area contributed by atoms with Crippen LogP contribution in [0.25, 0.3) is 0 Å². The summed E-state index contributed by atoms with van der Waals surface area (Å²) in [5.41, 5.74) is 1.20. The summed E-state index contributed by atoms with van der Waals surface area (Å²) in [7, 11) is 0. The van der Waals surface area contributed by atoms with E-state index >= 15 is 0 Å². The Morgan fingerprint density at radius 3 is 2.86 bits per heavy atom. The molecule has 0 bridgehead atoms. The Balaban J connectivity index is 1.74. The Kier molecular flexibility index (Phi) is 3.31. The van der Waals surface area contributed by atoms with Gasteiger partial charge >= 0.3 is 0 Å². The van der Waals surface area contributed by atoms with Gasteiger partial charge < -0.3 is 10.0 Å². The zero-order valence-corrected chi connectivity index (χ0v) is 11.4. The molecule has 1 atom stereocenters. The minimum absolute atomic E-state index is 0.0687. The number of halogens is 1. The van der Waals surface area contributed by atoms with Crippen LogP contribution in [-0.2, 0) is 0 Å². The zero-order valence-electron chi connectivity index (χ0n) is 11.4. The van der Waals surface area contributed by atoms with Crippen LogP contribution in [0.3, 0.4) is 0 Å². The maximum atomic E-state index is 13.6. The summed E-state index contributed by atoms with van der Waals surface area (Å²) in [6, 6.07) is 6.63. The lowest BCUT2D eigenvalue weighted by atomic mass is 10.0. The molecule has 3 rings (SSSR count). The second kappa shape index (κ2) is 5.14. The Morgan fingerprint density at radius 1 is 1.48 bits per heavy atom. The summed E-state index contributed by atoms with van der Waals surface area (Å²) in [5, 5.41) is 26.4.